The van der Waals surface area contributed by atoms with Gasteiger partial charge in [0.2, 0.25) is 0 Å². The van der Waals surface area contributed by atoms with Crippen LogP contribution >= 0.6 is 0 Å². The minimum atomic E-state index is -0.578. The summed E-state index contributed by atoms with van der Waals surface area (Å²) in [5.74, 6) is -0.606. The van der Waals surface area contributed by atoms with Crippen molar-refractivity contribution in [2.24, 2.45) is 0 Å². The Morgan fingerprint density at radius 3 is 2.94 bits per heavy atom. The van der Waals surface area contributed by atoms with Crippen LogP contribution in [0, 0.1) is 5.82 Å². The SMILES string of the molecule is COC(=O)c1cncc(Nc2cccc(F)c2)n1. The molecule has 1 heterocycles. The minimum Gasteiger partial charge on any atom is -0.464 e. The smallest absolute Gasteiger partial charge is 0.358 e. The van der Waals surface area contributed by atoms with Gasteiger partial charge >= 0.3 is 5.97 Å². The van der Waals surface area contributed by atoms with Gasteiger partial charge in [0.1, 0.15) is 11.6 Å². The monoisotopic (exact) mass is 247 g/mol. The highest BCUT2D eigenvalue weighted by Gasteiger charge is 2.08. The molecule has 0 saturated carbocycles. The molecule has 0 fully saturated rings. The number of benzene rings is 1. The number of carbonyl (C=O) groups excluding carboxylic acids is 1. The van der Waals surface area contributed by atoms with Gasteiger partial charge in [-0.1, -0.05) is 6.07 Å². The quantitative estimate of drug-likeness (QED) is 0.842. The highest BCUT2D eigenvalue weighted by molar-refractivity contribution is 5.87. The number of esters is 1. The van der Waals surface area contributed by atoms with Crippen molar-refractivity contribution >= 4 is 17.5 Å². The van der Waals surface area contributed by atoms with Gasteiger partial charge in [-0.25, -0.2) is 14.2 Å². The Kier molecular flexibility index (Phi) is 3.47. The predicted molar refractivity (Wildman–Crippen MR) is 63.1 cm³/mol. The molecule has 92 valence electrons. The molecule has 0 radical (unpaired) electrons. The lowest BCUT2D eigenvalue weighted by atomic mass is 10.3. The van der Waals surface area contributed by atoms with E-state index >= 15 is 0 Å². The van der Waals surface area contributed by atoms with E-state index in [1.54, 1.807) is 12.1 Å². The van der Waals surface area contributed by atoms with Gasteiger partial charge in [0.25, 0.3) is 0 Å². The molecule has 0 atom stereocenters. The first-order chi connectivity index (χ1) is 8.69. The zero-order valence-corrected chi connectivity index (χ0v) is 9.55. The normalized spacial score (nSPS) is 9.89. The second-order valence-corrected chi connectivity index (χ2v) is 3.42. The molecular formula is C12H10FN3O2. The third kappa shape index (κ3) is 2.79. The van der Waals surface area contributed by atoms with Crippen molar-refractivity contribution in [3.05, 3.63) is 48.2 Å². The molecule has 5 nitrogen and oxygen atoms in total. The first-order valence-corrected chi connectivity index (χ1v) is 5.12. The topological polar surface area (TPSA) is 64.1 Å². The lowest BCUT2D eigenvalue weighted by Crippen LogP contribution is -2.06. The van der Waals surface area contributed by atoms with Crippen LogP contribution in [0.1, 0.15) is 10.5 Å². The molecule has 0 spiro atoms. The second kappa shape index (κ2) is 5.22. The molecule has 0 amide bonds. The zero-order valence-electron chi connectivity index (χ0n) is 9.55. The second-order valence-electron chi connectivity index (χ2n) is 3.42. The van der Waals surface area contributed by atoms with Crippen LogP contribution in [0.15, 0.2) is 36.7 Å². The number of methoxy groups -OCH3 is 1. The molecule has 0 saturated heterocycles. The number of carbonyl (C=O) groups is 1. The fourth-order valence-electron chi connectivity index (χ4n) is 1.34. The van der Waals surface area contributed by atoms with Crippen molar-refractivity contribution in [2.75, 3.05) is 12.4 Å². The Bertz CT molecular complexity index is 575. The molecule has 18 heavy (non-hydrogen) atoms. The molecule has 0 aliphatic rings. The van der Waals surface area contributed by atoms with E-state index in [0.717, 1.165) is 0 Å². The number of halogens is 1. The number of aromatic nitrogens is 2. The molecule has 1 aromatic carbocycles. The van der Waals surface area contributed by atoms with Gasteiger partial charge in [0.15, 0.2) is 5.69 Å². The number of hydrogen-bond donors (Lipinski definition) is 1. The highest BCUT2D eigenvalue weighted by atomic mass is 19.1. The van der Waals surface area contributed by atoms with Crippen LogP contribution in [0.4, 0.5) is 15.9 Å². The average molecular weight is 247 g/mol. The van der Waals surface area contributed by atoms with E-state index in [2.05, 4.69) is 20.0 Å². The fourth-order valence-corrected chi connectivity index (χ4v) is 1.34. The van der Waals surface area contributed by atoms with Gasteiger partial charge in [0.05, 0.1) is 19.5 Å². The lowest BCUT2D eigenvalue weighted by molar-refractivity contribution is 0.0593. The Balaban J connectivity index is 2.22. The van der Waals surface area contributed by atoms with Gasteiger partial charge < -0.3 is 10.1 Å². The highest BCUT2D eigenvalue weighted by Crippen LogP contribution is 2.15. The Labute approximate surface area is 103 Å². The summed E-state index contributed by atoms with van der Waals surface area (Å²) in [5, 5.41) is 2.84. The van der Waals surface area contributed by atoms with Crippen LogP contribution in [0.5, 0.6) is 0 Å². The lowest BCUT2D eigenvalue weighted by Gasteiger charge is -2.06. The van der Waals surface area contributed by atoms with Crippen LogP contribution in [-0.2, 0) is 4.74 Å². The Morgan fingerprint density at radius 2 is 2.22 bits per heavy atom. The van der Waals surface area contributed by atoms with Crippen LogP contribution in [0.25, 0.3) is 0 Å². The van der Waals surface area contributed by atoms with E-state index in [9.17, 15) is 9.18 Å². The number of anilines is 2. The van der Waals surface area contributed by atoms with Crippen molar-refractivity contribution in [1.29, 1.82) is 0 Å². The number of hydrogen-bond acceptors (Lipinski definition) is 5. The summed E-state index contributed by atoms with van der Waals surface area (Å²) in [6.45, 7) is 0. The Hall–Kier alpha value is -2.50. The molecule has 0 unspecified atom stereocenters. The molecule has 1 N–H and O–H groups in total. The fraction of sp³-hybridized carbons (Fsp3) is 0.0833. The zero-order chi connectivity index (χ0) is 13.0. The molecule has 0 aliphatic heterocycles. The van der Waals surface area contributed by atoms with Crippen molar-refractivity contribution < 1.29 is 13.9 Å². The van der Waals surface area contributed by atoms with Gasteiger partial charge in [-0.2, -0.15) is 0 Å². The van der Waals surface area contributed by atoms with E-state index < -0.39 is 5.97 Å². The summed E-state index contributed by atoms with van der Waals surface area (Å²) >= 11 is 0. The van der Waals surface area contributed by atoms with Gasteiger partial charge in [-0.15, -0.1) is 0 Å². The van der Waals surface area contributed by atoms with Crippen LogP contribution in [0.3, 0.4) is 0 Å². The minimum absolute atomic E-state index is 0.0823. The Morgan fingerprint density at radius 1 is 1.39 bits per heavy atom. The summed E-state index contributed by atoms with van der Waals surface area (Å²) in [7, 11) is 1.26. The molecule has 2 aromatic rings. The van der Waals surface area contributed by atoms with Crippen molar-refractivity contribution in [3.8, 4) is 0 Å². The number of nitrogens with one attached hydrogen (secondary N) is 1. The maximum absolute atomic E-state index is 13.0. The van der Waals surface area contributed by atoms with E-state index in [0.29, 0.717) is 11.5 Å². The van der Waals surface area contributed by atoms with Crippen LogP contribution in [-0.4, -0.2) is 23.0 Å². The number of rotatable bonds is 3. The first-order valence-electron chi connectivity index (χ1n) is 5.12. The van der Waals surface area contributed by atoms with E-state index in [1.807, 2.05) is 0 Å². The maximum atomic E-state index is 13.0. The summed E-state index contributed by atoms with van der Waals surface area (Å²) in [5.41, 5.74) is 0.602. The number of nitrogens with zero attached hydrogens (tertiary/aromatic N) is 2. The third-order valence-corrected chi connectivity index (χ3v) is 2.13. The summed E-state index contributed by atoms with van der Waals surface area (Å²) in [6, 6.07) is 5.89. The number of ether oxygens (including phenoxy) is 1. The molecule has 0 aliphatic carbocycles. The molecule has 0 bridgehead atoms. The summed E-state index contributed by atoms with van der Waals surface area (Å²) in [4.78, 5) is 19.1. The van der Waals surface area contributed by atoms with Crippen LogP contribution in [0.2, 0.25) is 0 Å². The standard InChI is InChI=1S/C12H10FN3O2/c1-18-12(17)10-6-14-7-11(16-10)15-9-4-2-3-8(13)5-9/h2-7H,1H3,(H,15,16). The predicted octanol–water partition coefficient (Wildman–Crippen LogP) is 2.15. The maximum Gasteiger partial charge on any atom is 0.358 e. The summed E-state index contributed by atoms with van der Waals surface area (Å²) < 4.78 is 17.5. The van der Waals surface area contributed by atoms with E-state index in [4.69, 9.17) is 0 Å². The van der Waals surface area contributed by atoms with E-state index in [1.165, 1.54) is 31.6 Å². The molecule has 6 heteroatoms. The van der Waals surface area contributed by atoms with Gasteiger partial charge in [-0.05, 0) is 18.2 Å². The van der Waals surface area contributed by atoms with Gasteiger partial charge in [-0.3, -0.25) is 4.98 Å². The van der Waals surface area contributed by atoms with Gasteiger partial charge in [0, 0.05) is 5.69 Å². The van der Waals surface area contributed by atoms with Crippen molar-refractivity contribution in [1.82, 2.24) is 9.97 Å². The third-order valence-electron chi connectivity index (χ3n) is 2.13. The average Bonchev–Trinajstić information content (AvgIpc) is 2.38. The molecule has 2 rings (SSSR count). The summed E-state index contributed by atoms with van der Waals surface area (Å²) in [6.07, 6.45) is 2.72. The molecule has 1 aromatic heterocycles. The van der Waals surface area contributed by atoms with Crippen LogP contribution < -0.4 is 5.32 Å². The largest absolute Gasteiger partial charge is 0.464 e. The van der Waals surface area contributed by atoms with Crippen molar-refractivity contribution in [2.45, 2.75) is 0 Å². The van der Waals surface area contributed by atoms with E-state index in [-0.39, 0.29) is 11.5 Å². The first kappa shape index (κ1) is 12.0. The van der Waals surface area contributed by atoms with Crippen molar-refractivity contribution in [3.63, 3.8) is 0 Å². The molecular weight excluding hydrogens is 237 g/mol.